The lowest BCUT2D eigenvalue weighted by Gasteiger charge is -2.29. The molecule has 1 atom stereocenters. The molecule has 0 heterocycles. The monoisotopic (exact) mass is 550 g/mol. The summed E-state index contributed by atoms with van der Waals surface area (Å²) in [7, 11) is 0. The van der Waals surface area contributed by atoms with Gasteiger partial charge in [0, 0.05) is 12.6 Å². The van der Waals surface area contributed by atoms with Crippen molar-refractivity contribution in [3.05, 3.63) is 74.7 Å². The van der Waals surface area contributed by atoms with Crippen LogP contribution < -0.4 is 10.1 Å². The van der Waals surface area contributed by atoms with E-state index in [1.165, 1.54) is 4.90 Å². The molecule has 174 valence electrons. The van der Waals surface area contributed by atoms with Crippen LogP contribution in [0.4, 0.5) is 0 Å². The molecule has 8 heteroatoms. The Labute approximate surface area is 212 Å². The second-order valence-electron chi connectivity index (χ2n) is 8.00. The van der Waals surface area contributed by atoms with E-state index >= 15 is 0 Å². The maximum atomic E-state index is 13.2. The molecule has 0 saturated heterocycles. The fraction of sp³-hybridized carbons (Fsp3) is 0.280. The Morgan fingerprint density at radius 2 is 1.76 bits per heavy atom. The molecular weight excluding hydrogens is 527 g/mol. The van der Waals surface area contributed by atoms with Gasteiger partial charge >= 0.3 is 0 Å². The molecule has 0 radical (unpaired) electrons. The fourth-order valence-corrected chi connectivity index (χ4v) is 4.30. The van der Waals surface area contributed by atoms with Crippen molar-refractivity contribution in [3.63, 3.8) is 0 Å². The van der Waals surface area contributed by atoms with Gasteiger partial charge in [-0.15, -0.1) is 0 Å². The lowest BCUT2D eigenvalue weighted by atomic mass is 10.1. The molecule has 3 aromatic carbocycles. The zero-order valence-corrected chi connectivity index (χ0v) is 21.7. The Morgan fingerprint density at radius 1 is 1.03 bits per heavy atom. The highest BCUT2D eigenvalue weighted by Gasteiger charge is 2.27. The minimum Gasteiger partial charge on any atom is -0.483 e. The van der Waals surface area contributed by atoms with E-state index in [-0.39, 0.29) is 31.0 Å². The van der Waals surface area contributed by atoms with E-state index in [9.17, 15) is 9.59 Å². The maximum Gasteiger partial charge on any atom is 0.261 e. The van der Waals surface area contributed by atoms with Crippen molar-refractivity contribution < 1.29 is 14.3 Å². The highest BCUT2D eigenvalue weighted by molar-refractivity contribution is 9.10. The molecule has 33 heavy (non-hydrogen) atoms. The molecule has 0 bridgehead atoms. The predicted octanol–water partition coefficient (Wildman–Crippen LogP) is 6.23. The third-order valence-electron chi connectivity index (χ3n) is 5.11. The Bertz CT molecular complexity index is 1170. The van der Waals surface area contributed by atoms with E-state index in [1.807, 2.05) is 50.2 Å². The van der Waals surface area contributed by atoms with E-state index in [0.717, 1.165) is 20.8 Å². The van der Waals surface area contributed by atoms with E-state index in [2.05, 4.69) is 21.2 Å². The first kappa shape index (κ1) is 25.3. The fourth-order valence-electron chi connectivity index (χ4n) is 3.37. The molecule has 0 fully saturated rings. The van der Waals surface area contributed by atoms with Crippen LogP contribution in [-0.4, -0.2) is 35.4 Å². The largest absolute Gasteiger partial charge is 0.483 e. The number of nitrogens with one attached hydrogen (secondary N) is 1. The minimum atomic E-state index is -0.710. The summed E-state index contributed by atoms with van der Waals surface area (Å²) in [6.45, 7) is 5.40. The first-order valence-corrected chi connectivity index (χ1v) is 12.1. The van der Waals surface area contributed by atoms with Crippen LogP contribution in [0.1, 0.15) is 26.3 Å². The molecule has 0 aliphatic rings. The van der Waals surface area contributed by atoms with Gasteiger partial charge in [-0.1, -0.05) is 59.6 Å². The SMILES string of the molecule is CC(C)NC(=O)[C@H](C)N(Cc1ccc(Cl)c(Cl)c1)C(=O)COc1ccc2ccccc2c1Br. The van der Waals surface area contributed by atoms with Gasteiger partial charge < -0.3 is 15.0 Å². The number of fused-ring (bicyclic) bond motifs is 1. The molecule has 5 nitrogen and oxygen atoms in total. The zero-order valence-electron chi connectivity index (χ0n) is 18.6. The number of carbonyl (C=O) groups is 2. The van der Waals surface area contributed by atoms with Gasteiger partial charge in [0.1, 0.15) is 11.8 Å². The van der Waals surface area contributed by atoms with Crippen molar-refractivity contribution in [2.24, 2.45) is 0 Å². The van der Waals surface area contributed by atoms with Crippen LogP contribution in [0.3, 0.4) is 0 Å². The van der Waals surface area contributed by atoms with Gasteiger partial charge in [-0.25, -0.2) is 0 Å². The molecule has 0 aromatic heterocycles. The summed E-state index contributed by atoms with van der Waals surface area (Å²) in [6.07, 6.45) is 0. The van der Waals surface area contributed by atoms with Gasteiger partial charge in [-0.3, -0.25) is 9.59 Å². The molecule has 0 saturated carbocycles. The summed E-state index contributed by atoms with van der Waals surface area (Å²) in [6, 6.07) is 16.0. The number of hydrogen-bond acceptors (Lipinski definition) is 3. The van der Waals surface area contributed by atoms with Crippen LogP contribution >= 0.6 is 39.1 Å². The second kappa shape index (κ2) is 11.2. The first-order valence-electron chi connectivity index (χ1n) is 10.5. The number of rotatable bonds is 8. The smallest absolute Gasteiger partial charge is 0.261 e. The molecule has 0 spiro atoms. The number of nitrogens with zero attached hydrogens (tertiary/aromatic N) is 1. The van der Waals surface area contributed by atoms with Crippen LogP contribution in [-0.2, 0) is 16.1 Å². The molecule has 3 aromatic rings. The molecule has 2 amide bonds. The third kappa shape index (κ3) is 6.40. The van der Waals surface area contributed by atoms with Crippen LogP contribution in [0.2, 0.25) is 10.0 Å². The number of ether oxygens (including phenoxy) is 1. The van der Waals surface area contributed by atoms with E-state index in [1.54, 1.807) is 25.1 Å². The van der Waals surface area contributed by atoms with E-state index in [0.29, 0.717) is 15.8 Å². The van der Waals surface area contributed by atoms with Gasteiger partial charge in [0.05, 0.1) is 14.5 Å². The molecule has 0 aliphatic carbocycles. The van der Waals surface area contributed by atoms with Crippen molar-refractivity contribution in [2.75, 3.05) is 6.61 Å². The number of amides is 2. The predicted molar refractivity (Wildman–Crippen MR) is 137 cm³/mol. The van der Waals surface area contributed by atoms with Crippen LogP contribution in [0.5, 0.6) is 5.75 Å². The average Bonchev–Trinajstić information content (AvgIpc) is 2.78. The number of hydrogen-bond donors (Lipinski definition) is 1. The van der Waals surface area contributed by atoms with Crippen LogP contribution in [0, 0.1) is 0 Å². The second-order valence-corrected chi connectivity index (χ2v) is 9.60. The third-order valence-corrected chi connectivity index (χ3v) is 6.67. The van der Waals surface area contributed by atoms with E-state index < -0.39 is 6.04 Å². The number of carbonyl (C=O) groups excluding carboxylic acids is 2. The van der Waals surface area contributed by atoms with Crippen LogP contribution in [0.15, 0.2) is 59.1 Å². The highest BCUT2D eigenvalue weighted by atomic mass is 79.9. The summed E-state index contributed by atoms with van der Waals surface area (Å²) in [4.78, 5) is 27.4. The molecule has 1 N–H and O–H groups in total. The summed E-state index contributed by atoms with van der Waals surface area (Å²) in [5, 5.41) is 5.71. The molecule has 0 unspecified atom stereocenters. The first-order chi connectivity index (χ1) is 15.7. The number of benzene rings is 3. The summed E-state index contributed by atoms with van der Waals surface area (Å²) in [5.41, 5.74) is 0.758. The molecule has 3 rings (SSSR count). The summed E-state index contributed by atoms with van der Waals surface area (Å²) in [5.74, 6) is -0.0198. The van der Waals surface area contributed by atoms with Gasteiger partial charge in [-0.2, -0.15) is 0 Å². The zero-order chi connectivity index (χ0) is 24.1. The van der Waals surface area contributed by atoms with E-state index in [4.69, 9.17) is 27.9 Å². The van der Waals surface area contributed by atoms with Crippen LogP contribution in [0.25, 0.3) is 10.8 Å². The van der Waals surface area contributed by atoms with Gasteiger partial charge in [0.15, 0.2) is 6.61 Å². The van der Waals surface area contributed by atoms with Gasteiger partial charge in [0.2, 0.25) is 5.91 Å². The molecule has 0 aliphatic heterocycles. The Balaban J connectivity index is 1.81. The minimum absolute atomic E-state index is 0.0494. The quantitative estimate of drug-likeness (QED) is 0.361. The van der Waals surface area contributed by atoms with Crippen molar-refractivity contribution in [1.29, 1.82) is 0 Å². The van der Waals surface area contributed by atoms with Crippen molar-refractivity contribution >= 4 is 61.7 Å². The Morgan fingerprint density at radius 3 is 2.45 bits per heavy atom. The standard InChI is InChI=1S/C25H25BrCl2N2O3/c1-15(2)29-25(32)16(3)30(13-17-8-10-20(27)21(28)12-17)23(31)14-33-22-11-9-18-6-4-5-7-19(18)24(22)26/h4-12,15-16H,13-14H2,1-3H3,(H,29,32)/t16-/m0/s1. The van der Waals surface area contributed by atoms with Crippen molar-refractivity contribution in [2.45, 2.75) is 39.4 Å². The summed E-state index contributed by atoms with van der Waals surface area (Å²) < 4.78 is 6.64. The lowest BCUT2D eigenvalue weighted by molar-refractivity contribution is -0.142. The average molecular weight is 552 g/mol. The molecular formula is C25H25BrCl2N2O3. The van der Waals surface area contributed by atoms with Gasteiger partial charge in [-0.05, 0) is 71.2 Å². The normalized spacial score (nSPS) is 12.0. The highest BCUT2D eigenvalue weighted by Crippen LogP contribution is 2.33. The summed E-state index contributed by atoms with van der Waals surface area (Å²) >= 11 is 15.7. The van der Waals surface area contributed by atoms with Crippen molar-refractivity contribution in [3.8, 4) is 5.75 Å². The maximum absolute atomic E-state index is 13.2. The topological polar surface area (TPSA) is 58.6 Å². The lowest BCUT2D eigenvalue weighted by Crippen LogP contribution is -2.50. The Kier molecular flexibility index (Phi) is 8.63. The number of halogens is 3. The van der Waals surface area contributed by atoms with Crippen molar-refractivity contribution in [1.82, 2.24) is 10.2 Å². The Hall–Kier alpha value is -2.28. The van der Waals surface area contributed by atoms with Gasteiger partial charge in [0.25, 0.3) is 5.91 Å².